The van der Waals surface area contributed by atoms with E-state index in [-0.39, 0.29) is 26.3 Å². The molecule has 0 bridgehead atoms. The highest BCUT2D eigenvalue weighted by atomic mass is 16.5. The van der Waals surface area contributed by atoms with Gasteiger partial charge in [-0.05, 0) is 70.8 Å². The molecule has 0 aromatic heterocycles. The molecule has 24 nitrogen and oxygen atoms in total. The minimum atomic E-state index is -1.82. The zero-order valence-electron chi connectivity index (χ0n) is 42.2. The number of rotatable bonds is 31. The molecule has 0 heterocycles. The minimum absolute atomic E-state index is 0.167. The van der Waals surface area contributed by atoms with Crippen LogP contribution in [0.5, 0.6) is 11.5 Å². The molecule has 0 saturated carbocycles. The first-order valence-corrected chi connectivity index (χ1v) is 23.9. The van der Waals surface area contributed by atoms with Gasteiger partial charge in [0.15, 0.2) is 0 Å². The predicted molar refractivity (Wildman–Crippen MR) is 268 cm³/mol. The number of carbonyl (C=O) groups excluding carboxylic acids is 7. The number of amides is 5. The first-order chi connectivity index (χ1) is 36.1. The lowest BCUT2D eigenvalue weighted by atomic mass is 9.98. The Bertz CT molecular complexity index is 2640. The van der Waals surface area contributed by atoms with E-state index in [0.29, 0.717) is 22.6 Å². The summed E-state index contributed by atoms with van der Waals surface area (Å²) in [5, 5.41) is 46.5. The van der Waals surface area contributed by atoms with E-state index in [1.54, 1.807) is 52.3 Å². The van der Waals surface area contributed by atoms with Crippen LogP contribution in [0.3, 0.4) is 0 Å². The van der Waals surface area contributed by atoms with Crippen molar-refractivity contribution in [3.05, 3.63) is 83.9 Å². The Labute approximate surface area is 435 Å². The molecule has 4 rings (SSSR count). The molecule has 0 unspecified atom stereocenters. The van der Waals surface area contributed by atoms with Crippen LogP contribution >= 0.6 is 0 Å². The van der Waals surface area contributed by atoms with Crippen LogP contribution in [0.2, 0.25) is 0 Å². The topological polar surface area (TPSA) is 348 Å². The highest BCUT2D eigenvalue weighted by molar-refractivity contribution is 5.91. The van der Waals surface area contributed by atoms with Gasteiger partial charge in [0.25, 0.3) is 0 Å². The average Bonchev–Trinajstić information content (AvgIpc) is 3.39. The summed E-state index contributed by atoms with van der Waals surface area (Å²) in [7, 11) is 3.11. The van der Waals surface area contributed by atoms with Gasteiger partial charge in [-0.1, -0.05) is 48.5 Å². The van der Waals surface area contributed by atoms with Gasteiger partial charge in [0.1, 0.15) is 36.8 Å². The number of ether oxygens (including phenoxy) is 4. The number of hydrogen-bond acceptors (Lipinski definition) is 15. The Morgan fingerprint density at radius 2 is 0.882 bits per heavy atom. The average molecular weight is 1060 g/mol. The number of fused-ring (bicyclic) bond motifs is 2. The first kappa shape index (κ1) is 59.7. The number of nitrogens with one attached hydrogen (secondary N) is 3. The lowest BCUT2D eigenvalue weighted by molar-refractivity contribution is -0.149. The number of benzene rings is 4. The predicted octanol–water partition coefficient (Wildman–Crippen LogP) is 2.43. The Hall–Kier alpha value is -8.83. The molecule has 408 valence electrons. The van der Waals surface area contributed by atoms with Crippen molar-refractivity contribution in [2.24, 2.45) is 0 Å². The van der Waals surface area contributed by atoms with E-state index >= 15 is 0 Å². The molecule has 0 fully saturated rings. The summed E-state index contributed by atoms with van der Waals surface area (Å²) < 4.78 is 21.8. The summed E-state index contributed by atoms with van der Waals surface area (Å²) in [6.07, 6.45) is -4.09. The van der Waals surface area contributed by atoms with Gasteiger partial charge in [-0.2, -0.15) is 0 Å². The zero-order chi connectivity index (χ0) is 56.1. The molecule has 24 heteroatoms. The van der Waals surface area contributed by atoms with E-state index < -0.39 is 147 Å². The fourth-order valence-electron chi connectivity index (χ4n) is 7.54. The van der Waals surface area contributed by atoms with Gasteiger partial charge >= 0.3 is 35.8 Å². The molecular formula is C52H61N5O19. The summed E-state index contributed by atoms with van der Waals surface area (Å²) >= 11 is 0. The fourth-order valence-corrected chi connectivity index (χ4v) is 7.54. The van der Waals surface area contributed by atoms with Crippen LogP contribution in [-0.4, -0.2) is 168 Å². The number of esters is 2. The summed E-state index contributed by atoms with van der Waals surface area (Å²) in [5.41, 5.74) is 1.35. The molecule has 0 spiro atoms. The first-order valence-electron chi connectivity index (χ1n) is 23.9. The molecule has 4 atom stereocenters. The highest BCUT2D eigenvalue weighted by Gasteiger charge is 2.27. The Morgan fingerprint density at radius 1 is 0.487 bits per heavy atom. The summed E-state index contributed by atoms with van der Waals surface area (Å²) in [6, 6.07) is 18.4. The van der Waals surface area contributed by atoms with E-state index in [9.17, 15) is 63.0 Å². The molecule has 0 saturated heterocycles. The van der Waals surface area contributed by atoms with E-state index in [1.807, 2.05) is 59.2 Å². The largest absolute Gasteiger partial charge is 0.497 e. The molecule has 4 aromatic rings. The van der Waals surface area contributed by atoms with Gasteiger partial charge in [0.2, 0.25) is 29.5 Å². The molecule has 0 aliphatic carbocycles. The SMILES string of the molecule is COc1ccc2cc([C@H](C)C(=O)OCCN(CCOC(=O)[C@@H](C)c3ccc4cc(OC)ccc4c3)C(=O)CCC(=O)NCC(=O)N(CCC(=O)N[C@@H](CC(=O)O)C(=O)O)CCC(=O)N[C@@H](CC(=O)O)C(=O)O)ccc2c1. The molecule has 7 N–H and O–H groups in total. The third-order valence-electron chi connectivity index (χ3n) is 12.0. The molecule has 0 radical (unpaired) electrons. The zero-order valence-corrected chi connectivity index (χ0v) is 42.2. The van der Waals surface area contributed by atoms with Crippen LogP contribution in [0.25, 0.3) is 21.5 Å². The third kappa shape index (κ3) is 18.9. The van der Waals surface area contributed by atoms with E-state index in [0.717, 1.165) is 26.4 Å². The summed E-state index contributed by atoms with van der Waals surface area (Å²) in [6.45, 7) is 0.675. The molecule has 5 amide bonds. The van der Waals surface area contributed by atoms with Crippen LogP contribution in [0.1, 0.15) is 75.3 Å². The van der Waals surface area contributed by atoms with Crippen molar-refractivity contribution in [1.29, 1.82) is 0 Å². The van der Waals surface area contributed by atoms with Crippen LogP contribution in [0, 0.1) is 0 Å². The number of carbonyl (C=O) groups is 11. The van der Waals surface area contributed by atoms with Crippen LogP contribution in [-0.2, 0) is 62.2 Å². The second kappa shape index (κ2) is 29.2. The van der Waals surface area contributed by atoms with Gasteiger partial charge in [0, 0.05) is 38.8 Å². The molecule has 0 aliphatic heterocycles. The second-order valence-electron chi connectivity index (χ2n) is 17.4. The number of carboxylic acids is 4. The monoisotopic (exact) mass is 1060 g/mol. The van der Waals surface area contributed by atoms with Crippen molar-refractivity contribution >= 4 is 86.9 Å². The van der Waals surface area contributed by atoms with Crippen molar-refractivity contribution < 1.29 is 92.1 Å². The smallest absolute Gasteiger partial charge is 0.326 e. The number of nitrogens with zero attached hydrogens (tertiary/aromatic N) is 2. The minimum Gasteiger partial charge on any atom is -0.497 e. The van der Waals surface area contributed by atoms with E-state index in [1.165, 1.54) is 4.90 Å². The number of aliphatic carboxylic acids is 4. The second-order valence-corrected chi connectivity index (χ2v) is 17.4. The maximum Gasteiger partial charge on any atom is 0.326 e. The molecule has 76 heavy (non-hydrogen) atoms. The normalized spacial score (nSPS) is 12.4. The van der Waals surface area contributed by atoms with Crippen molar-refractivity contribution in [2.45, 2.75) is 76.3 Å². The Morgan fingerprint density at radius 3 is 1.28 bits per heavy atom. The van der Waals surface area contributed by atoms with Gasteiger partial charge in [-0.15, -0.1) is 0 Å². The Kier molecular flexibility index (Phi) is 22.9. The summed E-state index contributed by atoms with van der Waals surface area (Å²) in [4.78, 5) is 139. The molecule has 0 aliphatic rings. The number of hydrogen-bond donors (Lipinski definition) is 7. The third-order valence-corrected chi connectivity index (χ3v) is 12.0. The van der Waals surface area contributed by atoms with Crippen molar-refractivity contribution in [3.63, 3.8) is 0 Å². The lowest BCUT2D eigenvalue weighted by Gasteiger charge is -2.24. The maximum atomic E-state index is 13.7. The number of methoxy groups -OCH3 is 2. The lowest BCUT2D eigenvalue weighted by Crippen LogP contribution is -2.46. The fraction of sp³-hybridized carbons (Fsp3) is 0.404. The van der Waals surface area contributed by atoms with Gasteiger partial charge < -0.3 is 65.1 Å². The highest BCUT2D eigenvalue weighted by Crippen LogP contribution is 2.27. The summed E-state index contributed by atoms with van der Waals surface area (Å²) in [5.74, 6) is -11.9. The number of carboxylic acid groups (broad SMARTS) is 4. The van der Waals surface area contributed by atoms with Crippen LogP contribution in [0.15, 0.2) is 72.8 Å². The van der Waals surface area contributed by atoms with Crippen molar-refractivity contribution in [2.75, 3.05) is 60.2 Å². The quantitative estimate of drug-likeness (QED) is 0.0356. The standard InChI is InChI=1S/C52H61N5O19/c1-30(32-5-7-36-25-38(73-3)11-9-34(36)23-32)51(71)75-21-19-57(20-22-76-52(72)31(2)33-6-8-37-26-39(74-4)12-10-35(37)24-33)45(61)14-13-42(58)53-29-46(62)56(17-15-43(59)54-40(49(67)68)27-47(63)64)18-16-44(60)55-41(50(69)70)28-48(65)66/h5-12,23-26,30-31,40-41H,13-22,27-29H2,1-4H3,(H,53,58)(H,54,59)(H,55,60)(H,63,64)(H,65,66)(H,67,68)(H,69,70)/t30-,31-,40-,41-/m0/s1. The van der Waals surface area contributed by atoms with Gasteiger partial charge in [-0.25, -0.2) is 9.59 Å². The van der Waals surface area contributed by atoms with Crippen LogP contribution in [0.4, 0.5) is 0 Å². The molecular weight excluding hydrogens is 999 g/mol. The van der Waals surface area contributed by atoms with Gasteiger partial charge in [-0.3, -0.25) is 43.2 Å². The van der Waals surface area contributed by atoms with Gasteiger partial charge in [0.05, 0.1) is 58.5 Å². The van der Waals surface area contributed by atoms with E-state index in [2.05, 4.69) is 5.32 Å². The van der Waals surface area contributed by atoms with Crippen molar-refractivity contribution in [3.8, 4) is 11.5 Å². The molecule has 4 aromatic carbocycles. The van der Waals surface area contributed by atoms with Crippen LogP contribution < -0.4 is 25.4 Å². The van der Waals surface area contributed by atoms with Crippen molar-refractivity contribution in [1.82, 2.24) is 25.8 Å². The Balaban J connectivity index is 1.40. The van der Waals surface area contributed by atoms with E-state index in [4.69, 9.17) is 29.2 Å². The maximum absolute atomic E-state index is 13.7.